The molecule has 0 radical (unpaired) electrons. The minimum Gasteiger partial charge on any atom is -0.291 e. The van der Waals surface area contributed by atoms with Crippen LogP contribution in [0.5, 0.6) is 0 Å². The van der Waals surface area contributed by atoms with Gasteiger partial charge in [0.05, 0.1) is 0 Å². The molecule has 5 heteroatoms. The van der Waals surface area contributed by atoms with Crippen LogP contribution in [-0.4, -0.2) is 22.4 Å². The molecule has 96 valence electrons. The van der Waals surface area contributed by atoms with E-state index in [9.17, 15) is 9.00 Å². The highest BCUT2D eigenvalue weighted by Crippen LogP contribution is 2.11. The summed E-state index contributed by atoms with van der Waals surface area (Å²) in [5.74, 6) is 0.0306. The van der Waals surface area contributed by atoms with E-state index in [-0.39, 0.29) is 11.9 Å². The first kappa shape index (κ1) is 13.0. The molecule has 18 heavy (non-hydrogen) atoms. The molecular weight excluding hydrogens is 248 g/mol. The summed E-state index contributed by atoms with van der Waals surface area (Å²) < 4.78 is 11.4. The summed E-state index contributed by atoms with van der Waals surface area (Å²) in [5, 5.41) is 0. The molecule has 0 bridgehead atoms. The highest BCUT2D eigenvalue weighted by molar-refractivity contribution is 7.84. The van der Waals surface area contributed by atoms with E-state index in [0.717, 1.165) is 16.9 Å². The fourth-order valence-corrected chi connectivity index (χ4v) is 2.34. The number of amides is 1. The van der Waals surface area contributed by atoms with Crippen molar-refractivity contribution in [3.05, 3.63) is 35.9 Å². The fourth-order valence-electron chi connectivity index (χ4n) is 1.76. The van der Waals surface area contributed by atoms with Crippen molar-refractivity contribution in [1.29, 1.82) is 0 Å². The zero-order chi connectivity index (χ0) is 13.0. The predicted molar refractivity (Wildman–Crippen MR) is 72.1 cm³/mol. The molecule has 1 aromatic carbocycles. The van der Waals surface area contributed by atoms with Gasteiger partial charge >= 0.3 is 0 Å². The molecule has 1 fully saturated rings. The van der Waals surface area contributed by atoms with E-state index in [2.05, 4.69) is 10.9 Å². The van der Waals surface area contributed by atoms with Crippen LogP contribution >= 0.6 is 0 Å². The van der Waals surface area contributed by atoms with Crippen LogP contribution in [0.25, 0.3) is 6.08 Å². The van der Waals surface area contributed by atoms with E-state index >= 15 is 0 Å². The number of carbonyl (C=O) groups excluding carboxylic acids is 1. The van der Waals surface area contributed by atoms with Gasteiger partial charge in [-0.1, -0.05) is 24.3 Å². The van der Waals surface area contributed by atoms with E-state index < -0.39 is 10.8 Å². The Balaban J connectivity index is 2.02. The third-order valence-corrected chi connectivity index (χ3v) is 3.71. The number of rotatable bonds is 3. The summed E-state index contributed by atoms with van der Waals surface area (Å²) in [5.41, 5.74) is 6.55. The molecule has 1 aliphatic rings. The van der Waals surface area contributed by atoms with Gasteiger partial charge in [-0.2, -0.15) is 0 Å². The van der Waals surface area contributed by atoms with Gasteiger partial charge in [-0.15, -0.1) is 0 Å². The lowest BCUT2D eigenvalue weighted by atomic mass is 10.1. The lowest BCUT2D eigenvalue weighted by Crippen LogP contribution is -2.48. The molecule has 2 N–H and O–H groups in total. The Hall–Kier alpha value is -1.46. The maximum atomic E-state index is 11.4. The number of hydrazine groups is 1. The highest BCUT2D eigenvalue weighted by atomic mass is 32.2. The maximum Gasteiger partial charge on any atom is 0.234 e. The Morgan fingerprint density at radius 2 is 2.28 bits per heavy atom. The summed E-state index contributed by atoms with van der Waals surface area (Å²) in [6.45, 7) is 0. The average Bonchev–Trinajstić information content (AvgIpc) is 2.38. The molecule has 2 unspecified atom stereocenters. The second kappa shape index (κ2) is 5.93. The van der Waals surface area contributed by atoms with E-state index in [1.807, 2.05) is 36.4 Å². The Morgan fingerprint density at radius 1 is 1.44 bits per heavy atom. The zero-order valence-electron chi connectivity index (χ0n) is 10.2. The van der Waals surface area contributed by atoms with Crippen LogP contribution in [0.1, 0.15) is 18.4 Å². The van der Waals surface area contributed by atoms with Gasteiger partial charge in [-0.3, -0.25) is 14.4 Å². The van der Waals surface area contributed by atoms with Crippen molar-refractivity contribution in [2.75, 3.05) is 6.26 Å². The van der Waals surface area contributed by atoms with Gasteiger partial charge in [0, 0.05) is 34.4 Å². The van der Waals surface area contributed by atoms with Crippen LogP contribution in [0.4, 0.5) is 0 Å². The summed E-state index contributed by atoms with van der Waals surface area (Å²) in [7, 11) is -0.959. The van der Waals surface area contributed by atoms with Crippen LogP contribution in [0.3, 0.4) is 0 Å². The van der Waals surface area contributed by atoms with Gasteiger partial charge in [0.25, 0.3) is 0 Å². The van der Waals surface area contributed by atoms with Crippen molar-refractivity contribution in [2.24, 2.45) is 0 Å². The normalized spacial score (nSPS) is 21.8. The van der Waals surface area contributed by atoms with Crippen LogP contribution in [-0.2, 0) is 15.6 Å². The third kappa shape index (κ3) is 3.51. The Bertz CT molecular complexity index is 490. The van der Waals surface area contributed by atoms with Gasteiger partial charge in [-0.25, -0.2) is 5.43 Å². The Labute approximate surface area is 109 Å². The van der Waals surface area contributed by atoms with Gasteiger partial charge in [0.15, 0.2) is 0 Å². The molecule has 1 amide bonds. The minimum absolute atomic E-state index is 0.0306. The van der Waals surface area contributed by atoms with Crippen LogP contribution in [0.2, 0.25) is 0 Å². The summed E-state index contributed by atoms with van der Waals surface area (Å²) in [6.07, 6.45) is 6.99. The summed E-state index contributed by atoms with van der Waals surface area (Å²) >= 11 is 0. The fraction of sp³-hybridized carbons (Fsp3) is 0.308. The molecule has 0 aromatic heterocycles. The largest absolute Gasteiger partial charge is 0.291 e. The number of hydrogen-bond acceptors (Lipinski definition) is 3. The van der Waals surface area contributed by atoms with E-state index in [4.69, 9.17) is 0 Å². The summed E-state index contributed by atoms with van der Waals surface area (Å²) in [4.78, 5) is 11.8. The van der Waals surface area contributed by atoms with Crippen LogP contribution in [0.15, 0.2) is 35.2 Å². The molecule has 4 nitrogen and oxygen atoms in total. The standard InChI is InChI=1S/C13H16N2O2S/c1-18(17)12-4-2-3-10(9-12)5-6-11-7-8-13(16)15-14-11/h2-6,9,11,14H,7-8H2,1H3,(H,15,16)/b6-5+. The molecule has 0 saturated carbocycles. The Kier molecular flexibility index (Phi) is 4.28. The second-order valence-corrected chi connectivity index (χ2v) is 5.60. The van der Waals surface area contributed by atoms with Crippen molar-refractivity contribution >= 4 is 22.8 Å². The quantitative estimate of drug-likeness (QED) is 0.863. The van der Waals surface area contributed by atoms with Gasteiger partial charge in [0.2, 0.25) is 5.91 Å². The predicted octanol–water partition coefficient (Wildman–Crippen LogP) is 1.22. The monoisotopic (exact) mass is 264 g/mol. The number of benzene rings is 1. The van der Waals surface area contributed by atoms with Crippen molar-refractivity contribution in [1.82, 2.24) is 10.9 Å². The number of hydrogen-bond donors (Lipinski definition) is 2. The van der Waals surface area contributed by atoms with Crippen LogP contribution < -0.4 is 10.9 Å². The first-order valence-electron chi connectivity index (χ1n) is 5.81. The van der Waals surface area contributed by atoms with Gasteiger partial charge in [-0.05, 0) is 24.1 Å². The molecule has 0 spiro atoms. The average molecular weight is 264 g/mol. The maximum absolute atomic E-state index is 11.4. The van der Waals surface area contributed by atoms with Crippen molar-refractivity contribution in [2.45, 2.75) is 23.8 Å². The topological polar surface area (TPSA) is 58.2 Å². The molecule has 1 aliphatic heterocycles. The van der Waals surface area contributed by atoms with Gasteiger partial charge < -0.3 is 0 Å². The molecule has 2 rings (SSSR count). The van der Waals surface area contributed by atoms with Crippen molar-refractivity contribution in [3.8, 4) is 0 Å². The van der Waals surface area contributed by atoms with Gasteiger partial charge in [0.1, 0.15) is 0 Å². The smallest absolute Gasteiger partial charge is 0.234 e. The van der Waals surface area contributed by atoms with Crippen molar-refractivity contribution < 1.29 is 9.00 Å². The molecule has 1 aromatic rings. The van der Waals surface area contributed by atoms with E-state index in [1.165, 1.54) is 0 Å². The lowest BCUT2D eigenvalue weighted by Gasteiger charge is -2.20. The first-order chi connectivity index (χ1) is 8.65. The Morgan fingerprint density at radius 3 is 2.94 bits per heavy atom. The number of nitrogens with one attached hydrogen (secondary N) is 2. The van der Waals surface area contributed by atoms with E-state index in [1.54, 1.807) is 6.26 Å². The third-order valence-electron chi connectivity index (χ3n) is 2.79. The summed E-state index contributed by atoms with van der Waals surface area (Å²) in [6, 6.07) is 7.78. The first-order valence-corrected chi connectivity index (χ1v) is 7.37. The molecule has 1 saturated heterocycles. The molecule has 2 atom stereocenters. The lowest BCUT2D eigenvalue weighted by molar-refractivity contribution is -0.123. The molecule has 0 aliphatic carbocycles. The SMILES string of the molecule is CS(=O)c1cccc(/C=C/C2CCC(=O)NN2)c1. The van der Waals surface area contributed by atoms with Crippen LogP contribution in [0, 0.1) is 0 Å². The molecule has 1 heterocycles. The van der Waals surface area contributed by atoms with E-state index in [0.29, 0.717) is 6.42 Å². The van der Waals surface area contributed by atoms with Crippen molar-refractivity contribution in [3.63, 3.8) is 0 Å². The number of carbonyl (C=O) groups is 1. The zero-order valence-corrected chi connectivity index (χ0v) is 11.0. The second-order valence-electron chi connectivity index (χ2n) is 4.22. The minimum atomic E-state index is -0.959. The molecular formula is C13H16N2O2S. The highest BCUT2D eigenvalue weighted by Gasteiger charge is 2.14.